The number of hydrogen-bond acceptors (Lipinski definition) is 4. The van der Waals surface area contributed by atoms with Crippen molar-refractivity contribution in [1.82, 2.24) is 0 Å². The number of likely N-dealkylation sites (tertiary alicyclic amines) is 1. The van der Waals surface area contributed by atoms with Gasteiger partial charge in [0.25, 0.3) is 5.91 Å². The van der Waals surface area contributed by atoms with Crippen LogP contribution in [0.2, 0.25) is 0 Å². The normalized spacial score (nSPS) is 21.4. The summed E-state index contributed by atoms with van der Waals surface area (Å²) >= 11 is 0. The van der Waals surface area contributed by atoms with Crippen molar-refractivity contribution in [2.45, 2.75) is 32.7 Å². The zero-order chi connectivity index (χ0) is 17.5. The third kappa shape index (κ3) is 4.33. The number of carbonyl (C=O) groups excluding carboxylic acids is 2. The van der Waals surface area contributed by atoms with Crippen molar-refractivity contribution in [3.05, 3.63) is 29.8 Å². The lowest BCUT2D eigenvalue weighted by molar-refractivity contribution is -0.919. The molecule has 24 heavy (non-hydrogen) atoms. The highest BCUT2D eigenvalue weighted by Gasteiger charge is 2.33. The van der Waals surface area contributed by atoms with Gasteiger partial charge < -0.3 is 15.0 Å². The number of ether oxygens (including phenoxy) is 1. The second-order valence-corrected chi connectivity index (χ2v) is 6.05. The van der Waals surface area contributed by atoms with E-state index in [1.54, 1.807) is 24.3 Å². The highest BCUT2D eigenvalue weighted by Crippen LogP contribution is 2.14. The molecule has 2 N–H and O–H groups in total. The van der Waals surface area contributed by atoms with Gasteiger partial charge in [0.05, 0.1) is 36.9 Å². The van der Waals surface area contributed by atoms with E-state index in [4.69, 9.17) is 10.00 Å². The van der Waals surface area contributed by atoms with Gasteiger partial charge in [0.15, 0.2) is 6.04 Å². The first kappa shape index (κ1) is 18.0. The minimum absolute atomic E-state index is 0.0525. The maximum Gasteiger partial charge on any atom is 0.309 e. The Morgan fingerprint density at radius 2 is 2.04 bits per heavy atom. The molecule has 0 aromatic heterocycles. The van der Waals surface area contributed by atoms with Crippen LogP contribution in [0.4, 0.5) is 5.69 Å². The van der Waals surface area contributed by atoms with Gasteiger partial charge in [0, 0.05) is 12.8 Å². The monoisotopic (exact) mass is 330 g/mol. The maximum absolute atomic E-state index is 12.5. The number of benzene rings is 1. The van der Waals surface area contributed by atoms with Crippen LogP contribution in [0.3, 0.4) is 0 Å². The van der Waals surface area contributed by atoms with Crippen LogP contribution >= 0.6 is 0 Å². The topological polar surface area (TPSA) is 83.6 Å². The van der Waals surface area contributed by atoms with E-state index in [0.717, 1.165) is 30.8 Å². The average Bonchev–Trinajstić information content (AvgIpc) is 2.61. The molecule has 1 fully saturated rings. The summed E-state index contributed by atoms with van der Waals surface area (Å²) < 4.78 is 5.07. The maximum atomic E-state index is 12.5. The van der Waals surface area contributed by atoms with Crippen molar-refractivity contribution < 1.29 is 19.2 Å². The Labute approximate surface area is 142 Å². The molecule has 6 heteroatoms. The van der Waals surface area contributed by atoms with Crippen LogP contribution in [0, 0.1) is 17.2 Å². The average molecular weight is 330 g/mol. The fraction of sp³-hybridized carbons (Fsp3) is 0.500. The van der Waals surface area contributed by atoms with E-state index in [1.807, 2.05) is 13.8 Å². The Hall–Kier alpha value is -2.39. The van der Waals surface area contributed by atoms with Crippen LogP contribution in [-0.4, -0.2) is 37.6 Å². The number of nitrogens with zero attached hydrogens (tertiary/aromatic N) is 1. The van der Waals surface area contributed by atoms with Crippen LogP contribution < -0.4 is 10.2 Å². The first-order chi connectivity index (χ1) is 11.6. The number of carbonyl (C=O) groups is 2. The molecule has 1 heterocycles. The zero-order valence-electron chi connectivity index (χ0n) is 14.2. The summed E-state index contributed by atoms with van der Waals surface area (Å²) in [4.78, 5) is 25.4. The lowest BCUT2D eigenvalue weighted by Crippen LogP contribution is -3.17. The largest absolute Gasteiger partial charge is 0.466 e. The standard InChI is InChI=1S/C18H23N3O3/c1-3-24-18(23)14-8-10-21(11-9-14)13(2)17(22)20-16-7-5-4-6-15(16)12-19/h4-7,13-14H,3,8-11H2,1-2H3,(H,20,22)/p+1/t13-/m0/s1. The van der Waals surface area contributed by atoms with Crippen molar-refractivity contribution >= 4 is 17.6 Å². The van der Waals surface area contributed by atoms with Crippen LogP contribution in [0.5, 0.6) is 0 Å². The number of nitrogens with one attached hydrogen (secondary N) is 2. The van der Waals surface area contributed by atoms with Crippen molar-refractivity contribution in [2.24, 2.45) is 5.92 Å². The molecule has 0 spiro atoms. The number of quaternary nitrogens is 1. The minimum atomic E-state index is -0.236. The molecule has 1 atom stereocenters. The number of anilines is 1. The second kappa shape index (κ2) is 8.46. The summed E-state index contributed by atoms with van der Waals surface area (Å²) in [5.41, 5.74) is 0.992. The number of para-hydroxylation sites is 1. The SMILES string of the molecule is CCOC(=O)C1CC[NH+]([C@@H](C)C(=O)Nc2ccccc2C#N)CC1. The van der Waals surface area contributed by atoms with Crippen molar-refractivity contribution in [1.29, 1.82) is 5.26 Å². The molecule has 2 rings (SSSR count). The van der Waals surface area contributed by atoms with Gasteiger partial charge in [-0.15, -0.1) is 0 Å². The van der Waals surface area contributed by atoms with E-state index >= 15 is 0 Å². The van der Waals surface area contributed by atoms with E-state index in [1.165, 1.54) is 0 Å². The third-order valence-electron chi connectivity index (χ3n) is 4.56. The van der Waals surface area contributed by atoms with E-state index in [0.29, 0.717) is 17.9 Å². The van der Waals surface area contributed by atoms with Crippen molar-refractivity contribution in [3.63, 3.8) is 0 Å². The van der Waals surface area contributed by atoms with Crippen LogP contribution in [-0.2, 0) is 14.3 Å². The molecular weight excluding hydrogens is 306 g/mol. The van der Waals surface area contributed by atoms with Gasteiger partial charge >= 0.3 is 5.97 Å². The Balaban J connectivity index is 1.91. The first-order valence-corrected chi connectivity index (χ1v) is 8.38. The zero-order valence-corrected chi connectivity index (χ0v) is 14.2. The molecule has 0 unspecified atom stereocenters. The predicted molar refractivity (Wildman–Crippen MR) is 89.3 cm³/mol. The minimum Gasteiger partial charge on any atom is -0.466 e. The summed E-state index contributed by atoms with van der Waals surface area (Å²) in [5.74, 6) is -0.290. The number of amides is 1. The predicted octanol–water partition coefficient (Wildman–Crippen LogP) is 0.743. The summed E-state index contributed by atoms with van der Waals surface area (Å²) in [6, 6.07) is 8.80. The molecule has 1 aliphatic heterocycles. The summed E-state index contributed by atoms with van der Waals surface area (Å²) in [7, 11) is 0. The molecule has 0 radical (unpaired) electrons. The highest BCUT2D eigenvalue weighted by molar-refractivity contribution is 5.94. The van der Waals surface area contributed by atoms with Crippen molar-refractivity contribution in [2.75, 3.05) is 25.0 Å². The molecule has 0 bridgehead atoms. The van der Waals surface area contributed by atoms with Gasteiger partial charge in [-0.05, 0) is 26.0 Å². The Morgan fingerprint density at radius 1 is 1.38 bits per heavy atom. The van der Waals surface area contributed by atoms with Crippen LogP contribution in [0.15, 0.2) is 24.3 Å². The summed E-state index contributed by atoms with van der Waals surface area (Å²) in [6.07, 6.45) is 1.47. The molecule has 6 nitrogen and oxygen atoms in total. The van der Waals surface area contributed by atoms with Gasteiger partial charge in [-0.2, -0.15) is 5.26 Å². The number of rotatable bonds is 5. The van der Waals surface area contributed by atoms with Crippen LogP contribution in [0.25, 0.3) is 0 Å². The Morgan fingerprint density at radius 3 is 2.67 bits per heavy atom. The molecule has 1 aromatic rings. The van der Waals surface area contributed by atoms with Gasteiger partial charge in [0.2, 0.25) is 0 Å². The first-order valence-electron chi connectivity index (χ1n) is 8.38. The molecule has 1 aromatic carbocycles. The smallest absolute Gasteiger partial charge is 0.309 e. The van der Waals surface area contributed by atoms with E-state index in [2.05, 4.69) is 11.4 Å². The van der Waals surface area contributed by atoms with E-state index in [-0.39, 0.29) is 23.8 Å². The Bertz CT molecular complexity index is 631. The van der Waals surface area contributed by atoms with Gasteiger partial charge in [-0.3, -0.25) is 9.59 Å². The molecule has 1 amide bonds. The summed E-state index contributed by atoms with van der Waals surface area (Å²) in [5, 5.41) is 11.9. The number of esters is 1. The number of hydrogen-bond donors (Lipinski definition) is 2. The lowest BCUT2D eigenvalue weighted by Gasteiger charge is -2.31. The molecule has 1 aliphatic rings. The second-order valence-electron chi connectivity index (χ2n) is 6.05. The molecular formula is C18H24N3O3+. The summed E-state index contributed by atoms with van der Waals surface area (Å²) in [6.45, 7) is 5.62. The van der Waals surface area contributed by atoms with E-state index in [9.17, 15) is 9.59 Å². The number of piperidine rings is 1. The fourth-order valence-corrected chi connectivity index (χ4v) is 3.03. The number of nitriles is 1. The third-order valence-corrected chi connectivity index (χ3v) is 4.56. The molecule has 0 aliphatic carbocycles. The van der Waals surface area contributed by atoms with Gasteiger partial charge in [-0.1, -0.05) is 12.1 Å². The lowest BCUT2D eigenvalue weighted by atomic mass is 9.96. The molecule has 128 valence electrons. The fourth-order valence-electron chi connectivity index (χ4n) is 3.03. The molecule has 1 saturated heterocycles. The van der Waals surface area contributed by atoms with Gasteiger partial charge in [0.1, 0.15) is 6.07 Å². The van der Waals surface area contributed by atoms with E-state index < -0.39 is 0 Å². The van der Waals surface area contributed by atoms with Gasteiger partial charge in [-0.25, -0.2) is 0 Å². The quantitative estimate of drug-likeness (QED) is 0.780. The van der Waals surface area contributed by atoms with Crippen LogP contribution in [0.1, 0.15) is 32.3 Å². The van der Waals surface area contributed by atoms with Crippen molar-refractivity contribution in [3.8, 4) is 6.07 Å². The Kier molecular flexibility index (Phi) is 6.33. The molecule has 0 saturated carbocycles. The highest BCUT2D eigenvalue weighted by atomic mass is 16.5.